The molecule has 0 saturated carbocycles. The summed E-state index contributed by atoms with van der Waals surface area (Å²) in [6.45, 7) is 1.37. The molecule has 0 spiro atoms. The summed E-state index contributed by atoms with van der Waals surface area (Å²) in [4.78, 5) is 24.4. The first-order valence-electron chi connectivity index (χ1n) is 8.96. The van der Waals surface area contributed by atoms with Crippen LogP contribution in [-0.4, -0.2) is 27.3 Å². The number of carbonyl (C=O) groups excluding carboxylic acids is 1. The first kappa shape index (κ1) is 16.1. The zero-order chi connectivity index (χ0) is 18.2. The van der Waals surface area contributed by atoms with E-state index in [4.69, 9.17) is 4.98 Å². The summed E-state index contributed by atoms with van der Waals surface area (Å²) < 4.78 is 1.10. The van der Waals surface area contributed by atoms with Crippen molar-refractivity contribution in [1.82, 2.24) is 14.9 Å². The lowest BCUT2D eigenvalue weighted by Crippen LogP contribution is -2.36. The second kappa shape index (κ2) is 6.59. The molecule has 4 nitrogen and oxygen atoms in total. The Kier molecular flexibility index (Phi) is 3.94. The molecule has 27 heavy (non-hydrogen) atoms. The molecule has 132 valence electrons. The van der Waals surface area contributed by atoms with E-state index >= 15 is 0 Å². The molecule has 0 fully saturated rings. The Balaban J connectivity index is 1.52. The zero-order valence-electron chi connectivity index (χ0n) is 14.6. The quantitative estimate of drug-likeness (QED) is 0.519. The summed E-state index contributed by atoms with van der Waals surface area (Å²) in [7, 11) is 0. The largest absolute Gasteiger partial charge is 0.334 e. The Labute approximate surface area is 161 Å². The average molecular weight is 371 g/mol. The van der Waals surface area contributed by atoms with Crippen molar-refractivity contribution in [3.05, 3.63) is 83.6 Å². The van der Waals surface area contributed by atoms with Crippen LogP contribution in [0.15, 0.2) is 66.9 Å². The smallest absolute Gasteiger partial charge is 0.256 e. The van der Waals surface area contributed by atoms with Gasteiger partial charge in [0.25, 0.3) is 5.91 Å². The molecule has 0 saturated heterocycles. The van der Waals surface area contributed by atoms with E-state index in [0.717, 1.165) is 28.2 Å². The highest BCUT2D eigenvalue weighted by Crippen LogP contribution is 2.31. The van der Waals surface area contributed by atoms with E-state index < -0.39 is 0 Å². The molecule has 0 unspecified atom stereocenters. The highest BCUT2D eigenvalue weighted by Gasteiger charge is 2.25. The lowest BCUT2D eigenvalue weighted by molar-refractivity contribution is 0.0735. The maximum absolute atomic E-state index is 13.3. The van der Waals surface area contributed by atoms with Crippen LogP contribution in [0.25, 0.3) is 20.9 Å². The van der Waals surface area contributed by atoms with Gasteiger partial charge in [-0.15, -0.1) is 11.3 Å². The van der Waals surface area contributed by atoms with Crippen LogP contribution in [0.5, 0.6) is 0 Å². The molecule has 4 aromatic rings. The number of thiazole rings is 1. The van der Waals surface area contributed by atoms with Gasteiger partial charge in [-0.05, 0) is 41.8 Å². The molecule has 2 aromatic carbocycles. The Morgan fingerprint density at radius 1 is 0.963 bits per heavy atom. The van der Waals surface area contributed by atoms with Crippen LogP contribution in [0, 0.1) is 0 Å². The molecule has 1 amide bonds. The predicted molar refractivity (Wildman–Crippen MR) is 108 cm³/mol. The third-order valence-electron chi connectivity index (χ3n) is 4.95. The minimum Gasteiger partial charge on any atom is -0.334 e. The Hall–Kier alpha value is -3.05. The van der Waals surface area contributed by atoms with E-state index in [1.807, 2.05) is 47.4 Å². The van der Waals surface area contributed by atoms with E-state index in [1.54, 1.807) is 17.5 Å². The third kappa shape index (κ3) is 2.90. The molecule has 1 aliphatic rings. The fourth-order valence-corrected chi connectivity index (χ4v) is 4.54. The van der Waals surface area contributed by atoms with Gasteiger partial charge in [-0.2, -0.15) is 0 Å². The number of fused-ring (bicyclic) bond motifs is 2. The maximum Gasteiger partial charge on any atom is 0.256 e. The summed E-state index contributed by atoms with van der Waals surface area (Å²) in [6.07, 6.45) is 2.61. The van der Waals surface area contributed by atoms with Crippen LogP contribution >= 0.6 is 11.3 Å². The molecule has 0 aliphatic carbocycles. The van der Waals surface area contributed by atoms with Crippen molar-refractivity contribution in [1.29, 1.82) is 0 Å². The van der Waals surface area contributed by atoms with Gasteiger partial charge < -0.3 is 4.90 Å². The maximum atomic E-state index is 13.3. The number of pyridine rings is 1. The van der Waals surface area contributed by atoms with Gasteiger partial charge in [-0.3, -0.25) is 9.78 Å². The SMILES string of the molecule is O=C(c1cccnc1-c1nc2ccccc2s1)N1CCc2ccccc2C1. The van der Waals surface area contributed by atoms with Crippen LogP contribution in [0.1, 0.15) is 21.5 Å². The van der Waals surface area contributed by atoms with Gasteiger partial charge in [0, 0.05) is 19.3 Å². The fourth-order valence-electron chi connectivity index (χ4n) is 3.56. The summed E-state index contributed by atoms with van der Waals surface area (Å²) in [5.74, 6) is 0.0202. The normalized spacial score (nSPS) is 13.6. The fraction of sp³-hybridized carbons (Fsp3) is 0.136. The number of benzene rings is 2. The average Bonchev–Trinajstić information content (AvgIpc) is 3.17. The van der Waals surface area contributed by atoms with E-state index in [1.165, 1.54) is 11.1 Å². The number of carbonyl (C=O) groups is 1. The van der Waals surface area contributed by atoms with E-state index in [2.05, 4.69) is 23.2 Å². The minimum absolute atomic E-state index is 0.0202. The van der Waals surface area contributed by atoms with Crippen LogP contribution < -0.4 is 0 Å². The predicted octanol–water partition coefficient (Wildman–Crippen LogP) is 4.56. The zero-order valence-corrected chi connectivity index (χ0v) is 15.4. The lowest BCUT2D eigenvalue weighted by atomic mass is 9.99. The summed E-state index contributed by atoms with van der Waals surface area (Å²) >= 11 is 1.57. The van der Waals surface area contributed by atoms with Gasteiger partial charge in [0.1, 0.15) is 10.7 Å². The molecule has 0 N–H and O–H groups in total. The Bertz CT molecular complexity index is 1120. The Morgan fingerprint density at radius 2 is 1.78 bits per heavy atom. The standard InChI is InChI=1S/C22H17N3OS/c26-22(25-13-11-15-6-1-2-7-16(15)14-25)17-8-5-12-23-20(17)21-24-18-9-3-4-10-19(18)27-21/h1-10,12H,11,13-14H2. The number of para-hydroxylation sites is 1. The molecule has 0 bridgehead atoms. The van der Waals surface area contributed by atoms with Gasteiger partial charge in [0.05, 0.1) is 15.8 Å². The van der Waals surface area contributed by atoms with Gasteiger partial charge >= 0.3 is 0 Å². The van der Waals surface area contributed by atoms with Gasteiger partial charge in [-0.25, -0.2) is 4.98 Å². The van der Waals surface area contributed by atoms with Gasteiger partial charge in [0.15, 0.2) is 0 Å². The van der Waals surface area contributed by atoms with Crippen molar-refractivity contribution in [2.45, 2.75) is 13.0 Å². The van der Waals surface area contributed by atoms with E-state index in [9.17, 15) is 4.79 Å². The number of nitrogens with zero attached hydrogens (tertiary/aromatic N) is 3. The highest BCUT2D eigenvalue weighted by molar-refractivity contribution is 7.21. The first-order valence-corrected chi connectivity index (χ1v) is 9.78. The lowest BCUT2D eigenvalue weighted by Gasteiger charge is -2.29. The summed E-state index contributed by atoms with van der Waals surface area (Å²) in [5, 5.41) is 0.789. The summed E-state index contributed by atoms with van der Waals surface area (Å²) in [6, 6.07) is 20.0. The van der Waals surface area contributed by atoms with Crippen molar-refractivity contribution in [2.75, 3.05) is 6.54 Å². The number of hydrogen-bond acceptors (Lipinski definition) is 4. The second-order valence-electron chi connectivity index (χ2n) is 6.63. The van der Waals surface area contributed by atoms with Crippen LogP contribution in [0.3, 0.4) is 0 Å². The molecule has 0 atom stereocenters. The molecule has 3 heterocycles. The monoisotopic (exact) mass is 371 g/mol. The Morgan fingerprint density at radius 3 is 2.67 bits per heavy atom. The van der Waals surface area contributed by atoms with Crippen molar-refractivity contribution >= 4 is 27.5 Å². The molecule has 0 radical (unpaired) electrons. The molecule has 2 aromatic heterocycles. The molecule has 5 rings (SSSR count). The molecule has 1 aliphatic heterocycles. The minimum atomic E-state index is 0.0202. The van der Waals surface area contributed by atoms with Crippen molar-refractivity contribution in [2.24, 2.45) is 0 Å². The van der Waals surface area contributed by atoms with E-state index in [-0.39, 0.29) is 5.91 Å². The number of hydrogen-bond donors (Lipinski definition) is 0. The van der Waals surface area contributed by atoms with Crippen molar-refractivity contribution in [3.8, 4) is 10.7 Å². The highest BCUT2D eigenvalue weighted by atomic mass is 32.1. The van der Waals surface area contributed by atoms with Gasteiger partial charge in [-0.1, -0.05) is 36.4 Å². The molecular formula is C22H17N3OS. The topological polar surface area (TPSA) is 46.1 Å². The van der Waals surface area contributed by atoms with Crippen molar-refractivity contribution < 1.29 is 4.79 Å². The second-order valence-corrected chi connectivity index (χ2v) is 7.66. The van der Waals surface area contributed by atoms with Crippen molar-refractivity contribution in [3.63, 3.8) is 0 Å². The number of rotatable bonds is 2. The van der Waals surface area contributed by atoms with Crippen LogP contribution in [0.4, 0.5) is 0 Å². The first-order chi connectivity index (χ1) is 13.3. The number of aromatic nitrogens is 2. The third-order valence-corrected chi connectivity index (χ3v) is 6.00. The van der Waals surface area contributed by atoms with E-state index in [0.29, 0.717) is 17.8 Å². The molecule has 5 heteroatoms. The van der Waals surface area contributed by atoms with Crippen LogP contribution in [-0.2, 0) is 13.0 Å². The number of amides is 1. The summed E-state index contributed by atoms with van der Waals surface area (Å²) in [5.41, 5.74) is 4.79. The molecular weight excluding hydrogens is 354 g/mol. The van der Waals surface area contributed by atoms with Gasteiger partial charge in [0.2, 0.25) is 0 Å². The van der Waals surface area contributed by atoms with Crippen LogP contribution in [0.2, 0.25) is 0 Å².